The molecule has 114 valence electrons. The Morgan fingerprint density at radius 3 is 2.71 bits per heavy atom. The number of amides is 2. The van der Waals surface area contributed by atoms with Crippen LogP contribution < -0.4 is 10.9 Å². The van der Waals surface area contributed by atoms with Crippen LogP contribution in [-0.2, 0) is 4.79 Å². The zero-order chi connectivity index (χ0) is 15.2. The van der Waals surface area contributed by atoms with Gasteiger partial charge in [0.15, 0.2) is 12.1 Å². The smallest absolute Gasteiger partial charge is 0.291 e. The number of carbonyl (C=O) groups is 2. The van der Waals surface area contributed by atoms with Gasteiger partial charge in [0.1, 0.15) is 5.76 Å². The van der Waals surface area contributed by atoms with Crippen molar-refractivity contribution in [1.82, 2.24) is 15.8 Å². The summed E-state index contributed by atoms with van der Waals surface area (Å²) < 4.78 is 31.4. The minimum atomic E-state index is -2.61. The molecular formula is C13H15F2N3O3. The van der Waals surface area contributed by atoms with Gasteiger partial charge in [0, 0.05) is 17.8 Å². The van der Waals surface area contributed by atoms with Crippen molar-refractivity contribution in [2.45, 2.75) is 32.1 Å². The lowest BCUT2D eigenvalue weighted by molar-refractivity contribution is -0.126. The van der Waals surface area contributed by atoms with Crippen molar-refractivity contribution in [3.63, 3.8) is 0 Å². The Hall–Kier alpha value is -1.99. The molecule has 0 aromatic carbocycles. The van der Waals surface area contributed by atoms with Gasteiger partial charge in [0.2, 0.25) is 5.91 Å². The second-order valence-corrected chi connectivity index (χ2v) is 5.60. The Labute approximate surface area is 119 Å². The van der Waals surface area contributed by atoms with Gasteiger partial charge in [0.25, 0.3) is 11.8 Å². The Bertz CT molecular complexity index is 587. The van der Waals surface area contributed by atoms with E-state index in [0.29, 0.717) is 18.6 Å². The standard InChI is InChI=1S/C13H15F2N3O3/c1-6-10(16-5-21-6)12(20)18-17-11(19)7-2-3-8-9(4-7)13(8,14)15/h5,7-9H,2-4H2,1H3,(H,17,19)(H,18,20)/t7-,8+,9-/m1/s1. The molecule has 2 fully saturated rings. The molecule has 2 amide bonds. The number of rotatable bonds is 2. The SMILES string of the molecule is Cc1ocnc1C(=O)NNC(=O)[C@@H]1CC[C@H]2[C@@H](C1)C2(F)F. The number of aryl methyl sites for hydroxylation is 1. The molecule has 1 aromatic heterocycles. The van der Waals surface area contributed by atoms with Crippen molar-refractivity contribution >= 4 is 11.8 Å². The topological polar surface area (TPSA) is 84.2 Å². The van der Waals surface area contributed by atoms with Crippen molar-refractivity contribution in [2.24, 2.45) is 17.8 Å². The molecule has 21 heavy (non-hydrogen) atoms. The highest BCUT2D eigenvalue weighted by atomic mass is 19.3. The lowest BCUT2D eigenvalue weighted by Gasteiger charge is -2.19. The third-order valence-corrected chi connectivity index (χ3v) is 4.36. The fourth-order valence-corrected chi connectivity index (χ4v) is 3.02. The van der Waals surface area contributed by atoms with E-state index in [0.717, 1.165) is 6.39 Å². The minimum absolute atomic E-state index is 0.0766. The second-order valence-electron chi connectivity index (χ2n) is 5.60. The van der Waals surface area contributed by atoms with Crippen molar-refractivity contribution in [3.05, 3.63) is 17.8 Å². The van der Waals surface area contributed by atoms with Crippen molar-refractivity contribution in [1.29, 1.82) is 0 Å². The predicted octanol–water partition coefficient (Wildman–Crippen LogP) is 1.43. The third kappa shape index (κ3) is 2.38. The number of hydrogen-bond acceptors (Lipinski definition) is 4. The molecule has 0 unspecified atom stereocenters. The van der Waals surface area contributed by atoms with Crippen LogP contribution in [0.25, 0.3) is 0 Å². The molecule has 1 heterocycles. The van der Waals surface area contributed by atoms with Crippen LogP contribution in [0.1, 0.15) is 35.5 Å². The van der Waals surface area contributed by atoms with Crippen molar-refractivity contribution in [3.8, 4) is 0 Å². The fraction of sp³-hybridized carbons (Fsp3) is 0.615. The summed E-state index contributed by atoms with van der Waals surface area (Å²) in [6, 6.07) is 0. The number of aromatic nitrogens is 1. The maximum atomic E-state index is 13.3. The summed E-state index contributed by atoms with van der Waals surface area (Å²) in [5, 5.41) is 0. The van der Waals surface area contributed by atoms with E-state index < -0.39 is 35.5 Å². The highest BCUT2D eigenvalue weighted by molar-refractivity contribution is 5.94. The normalized spacial score (nSPS) is 29.4. The summed E-state index contributed by atoms with van der Waals surface area (Å²) in [5.74, 6) is -5.05. The molecule has 2 saturated carbocycles. The Balaban J connectivity index is 1.51. The molecule has 0 saturated heterocycles. The maximum absolute atomic E-state index is 13.3. The molecule has 2 aliphatic carbocycles. The molecule has 6 nitrogen and oxygen atoms in total. The molecule has 0 bridgehead atoms. The number of alkyl halides is 2. The van der Waals surface area contributed by atoms with Crippen LogP contribution in [0.5, 0.6) is 0 Å². The number of halogens is 2. The van der Waals surface area contributed by atoms with Crippen LogP contribution in [-0.4, -0.2) is 22.7 Å². The molecule has 1 aromatic rings. The molecule has 8 heteroatoms. The van der Waals surface area contributed by atoms with Crippen LogP contribution in [0.15, 0.2) is 10.8 Å². The lowest BCUT2D eigenvalue weighted by Crippen LogP contribution is -2.45. The number of hydrogen-bond donors (Lipinski definition) is 2. The summed E-state index contributed by atoms with van der Waals surface area (Å²) in [4.78, 5) is 27.4. The van der Waals surface area contributed by atoms with Gasteiger partial charge in [-0.15, -0.1) is 0 Å². The van der Waals surface area contributed by atoms with E-state index in [1.165, 1.54) is 0 Å². The van der Waals surface area contributed by atoms with Gasteiger partial charge < -0.3 is 4.42 Å². The van der Waals surface area contributed by atoms with Crippen molar-refractivity contribution < 1.29 is 22.8 Å². The van der Waals surface area contributed by atoms with E-state index in [4.69, 9.17) is 4.42 Å². The largest absolute Gasteiger partial charge is 0.448 e. The van der Waals surface area contributed by atoms with Gasteiger partial charge in [-0.1, -0.05) is 0 Å². The summed E-state index contributed by atoms with van der Waals surface area (Å²) >= 11 is 0. The van der Waals surface area contributed by atoms with E-state index in [9.17, 15) is 18.4 Å². The maximum Gasteiger partial charge on any atom is 0.291 e. The number of carbonyl (C=O) groups excluding carboxylic acids is 2. The summed E-state index contributed by atoms with van der Waals surface area (Å²) in [7, 11) is 0. The summed E-state index contributed by atoms with van der Waals surface area (Å²) in [6.07, 6.45) is 2.07. The number of fused-ring (bicyclic) bond motifs is 1. The molecule has 3 atom stereocenters. The zero-order valence-corrected chi connectivity index (χ0v) is 11.4. The number of oxazole rings is 1. The van der Waals surface area contributed by atoms with Gasteiger partial charge in [-0.25, -0.2) is 13.8 Å². The fourth-order valence-electron chi connectivity index (χ4n) is 3.02. The van der Waals surface area contributed by atoms with E-state index in [-0.39, 0.29) is 12.1 Å². The van der Waals surface area contributed by atoms with Gasteiger partial charge >= 0.3 is 0 Å². The van der Waals surface area contributed by atoms with E-state index >= 15 is 0 Å². The van der Waals surface area contributed by atoms with E-state index in [2.05, 4.69) is 15.8 Å². The Morgan fingerprint density at radius 1 is 1.33 bits per heavy atom. The van der Waals surface area contributed by atoms with Gasteiger partial charge in [0.05, 0.1) is 0 Å². The van der Waals surface area contributed by atoms with Gasteiger partial charge in [-0.2, -0.15) is 0 Å². The van der Waals surface area contributed by atoms with Gasteiger partial charge in [-0.05, 0) is 26.2 Å². The third-order valence-electron chi connectivity index (χ3n) is 4.36. The first-order chi connectivity index (χ1) is 9.91. The monoisotopic (exact) mass is 299 g/mol. The number of nitrogens with zero attached hydrogens (tertiary/aromatic N) is 1. The Morgan fingerprint density at radius 2 is 2.10 bits per heavy atom. The number of hydrazine groups is 1. The molecule has 3 rings (SSSR count). The van der Waals surface area contributed by atoms with Crippen LogP contribution >= 0.6 is 0 Å². The van der Waals surface area contributed by atoms with Gasteiger partial charge in [-0.3, -0.25) is 20.4 Å². The van der Waals surface area contributed by atoms with Crippen LogP contribution in [0, 0.1) is 24.7 Å². The van der Waals surface area contributed by atoms with Crippen LogP contribution in [0.3, 0.4) is 0 Å². The molecular weight excluding hydrogens is 284 g/mol. The first-order valence-corrected chi connectivity index (χ1v) is 6.79. The quantitative estimate of drug-likeness (QED) is 0.809. The summed E-state index contributed by atoms with van der Waals surface area (Å²) in [6.45, 7) is 1.57. The first-order valence-electron chi connectivity index (χ1n) is 6.79. The van der Waals surface area contributed by atoms with Crippen LogP contribution in [0.2, 0.25) is 0 Å². The van der Waals surface area contributed by atoms with Crippen LogP contribution in [0.4, 0.5) is 8.78 Å². The predicted molar refractivity (Wildman–Crippen MR) is 66.1 cm³/mol. The average Bonchev–Trinajstić information content (AvgIpc) is 2.80. The highest BCUT2D eigenvalue weighted by Crippen LogP contribution is 2.63. The molecule has 0 spiro atoms. The second kappa shape index (κ2) is 4.78. The van der Waals surface area contributed by atoms with Crippen molar-refractivity contribution in [2.75, 3.05) is 0 Å². The first kappa shape index (κ1) is 14.0. The Kier molecular flexibility index (Phi) is 3.18. The molecule has 2 N–H and O–H groups in total. The molecule has 0 aliphatic heterocycles. The highest BCUT2D eigenvalue weighted by Gasteiger charge is 2.69. The molecule has 0 radical (unpaired) electrons. The average molecular weight is 299 g/mol. The van der Waals surface area contributed by atoms with E-state index in [1.807, 2.05) is 0 Å². The number of nitrogens with one attached hydrogen (secondary N) is 2. The lowest BCUT2D eigenvalue weighted by atomic mass is 9.89. The van der Waals surface area contributed by atoms with E-state index in [1.54, 1.807) is 6.92 Å². The summed E-state index contributed by atoms with van der Waals surface area (Å²) in [5.41, 5.74) is 4.57. The zero-order valence-electron chi connectivity index (χ0n) is 11.4. The molecule has 2 aliphatic rings. The minimum Gasteiger partial charge on any atom is -0.448 e.